The third kappa shape index (κ3) is 7.91. The van der Waals surface area contributed by atoms with Crippen molar-refractivity contribution in [3.63, 3.8) is 0 Å². The molecule has 0 bridgehead atoms. The van der Waals surface area contributed by atoms with Gasteiger partial charge in [-0.3, -0.25) is 14.4 Å². The summed E-state index contributed by atoms with van der Waals surface area (Å²) in [7, 11) is 1.56. The summed E-state index contributed by atoms with van der Waals surface area (Å²) in [6.45, 7) is 5.06. The van der Waals surface area contributed by atoms with E-state index in [9.17, 15) is 18.8 Å². The number of piperidine rings is 2. The third-order valence-corrected chi connectivity index (χ3v) is 10.3. The highest BCUT2D eigenvalue weighted by atomic mass is 19.1. The number of amides is 3. The van der Waals surface area contributed by atoms with Crippen LogP contribution in [0.4, 0.5) is 15.9 Å². The zero-order valence-electron chi connectivity index (χ0n) is 27.4. The number of nitrogens with one attached hydrogen (secondary N) is 2. The maximum atomic E-state index is 14.8. The summed E-state index contributed by atoms with van der Waals surface area (Å²) in [6.07, 6.45) is 12.6. The van der Waals surface area contributed by atoms with Crippen LogP contribution in [0.3, 0.4) is 0 Å². The Bertz CT molecular complexity index is 1520. The molecule has 2 N–H and O–H groups in total. The summed E-state index contributed by atoms with van der Waals surface area (Å²) < 4.78 is 17.0. The van der Waals surface area contributed by atoms with Crippen LogP contribution in [-0.4, -0.2) is 90.2 Å². The van der Waals surface area contributed by atoms with E-state index in [0.717, 1.165) is 88.0 Å². The number of halogens is 1. The van der Waals surface area contributed by atoms with Crippen molar-refractivity contribution in [3.05, 3.63) is 48.0 Å². The summed E-state index contributed by atoms with van der Waals surface area (Å²) in [5.74, 6) is 0.753. The fourth-order valence-corrected chi connectivity index (χ4v) is 7.55. The van der Waals surface area contributed by atoms with Crippen molar-refractivity contribution in [1.82, 2.24) is 30.3 Å². The quantitative estimate of drug-likeness (QED) is 0.299. The normalized spacial score (nSPS) is 18.7. The van der Waals surface area contributed by atoms with Gasteiger partial charge in [-0.25, -0.2) is 4.39 Å². The number of carbonyl (C=O) groups excluding carboxylic acids is 3. The van der Waals surface area contributed by atoms with Crippen molar-refractivity contribution >= 4 is 40.6 Å². The molecule has 0 atom stereocenters. The van der Waals surface area contributed by atoms with Gasteiger partial charge in [-0.1, -0.05) is 19.3 Å². The second-order valence-corrected chi connectivity index (χ2v) is 13.4. The van der Waals surface area contributed by atoms with Crippen molar-refractivity contribution in [3.8, 4) is 0 Å². The number of benzene rings is 1. The molecule has 3 aliphatic rings. The standard InChI is InChI=1S/C35H47FN8O3/c1-37-34(46)14-19-43(24-45)31-21-26(36)22-32-29(31)13-20-44(32)28-11-15-41(16-12-28)23-25-9-17-42(18-10-25)33-8-7-30(39-40-33)35(47)38-27-5-3-2-4-6-27/h7-8,13,20-22,24-25,27-28H,2-6,9-12,14-19,23H2,1H3,(H,37,46)(H,38,47). The van der Waals surface area contributed by atoms with Gasteiger partial charge < -0.3 is 29.9 Å². The maximum Gasteiger partial charge on any atom is 0.272 e. The van der Waals surface area contributed by atoms with Gasteiger partial charge >= 0.3 is 0 Å². The van der Waals surface area contributed by atoms with Crippen LogP contribution in [-0.2, 0) is 9.59 Å². The van der Waals surface area contributed by atoms with Crippen molar-refractivity contribution in [2.45, 2.75) is 76.3 Å². The predicted molar refractivity (Wildman–Crippen MR) is 180 cm³/mol. The lowest BCUT2D eigenvalue weighted by atomic mass is 9.94. The first kappa shape index (κ1) is 32.9. The van der Waals surface area contributed by atoms with E-state index in [1.165, 1.54) is 30.2 Å². The Morgan fingerprint density at radius 1 is 0.979 bits per heavy atom. The lowest BCUT2D eigenvalue weighted by Gasteiger charge is -2.38. The van der Waals surface area contributed by atoms with Gasteiger partial charge in [-0.15, -0.1) is 10.2 Å². The Morgan fingerprint density at radius 3 is 2.43 bits per heavy atom. The molecule has 0 radical (unpaired) electrons. The van der Waals surface area contributed by atoms with Crippen molar-refractivity contribution in [1.29, 1.82) is 0 Å². The number of hydrogen-bond acceptors (Lipinski definition) is 7. The fraction of sp³-hybridized carbons (Fsp3) is 0.571. The molecule has 0 spiro atoms. The third-order valence-electron chi connectivity index (χ3n) is 10.3. The van der Waals surface area contributed by atoms with Crippen LogP contribution in [0.25, 0.3) is 10.9 Å². The number of hydrogen-bond donors (Lipinski definition) is 2. The molecule has 3 amide bonds. The average Bonchev–Trinajstić information content (AvgIpc) is 3.53. The number of likely N-dealkylation sites (tertiary alicyclic amines) is 1. The topological polar surface area (TPSA) is 116 Å². The maximum absolute atomic E-state index is 14.8. The summed E-state index contributed by atoms with van der Waals surface area (Å²) in [5, 5.41) is 15.1. The van der Waals surface area contributed by atoms with Gasteiger partial charge in [-0.2, -0.15) is 0 Å². The van der Waals surface area contributed by atoms with Crippen molar-refractivity contribution < 1.29 is 18.8 Å². The molecule has 12 heteroatoms. The molecule has 3 fully saturated rings. The minimum Gasteiger partial charge on any atom is -0.359 e. The summed E-state index contributed by atoms with van der Waals surface area (Å²) in [4.78, 5) is 42.5. The number of rotatable bonds is 11. The van der Waals surface area contributed by atoms with Gasteiger partial charge in [0.2, 0.25) is 12.3 Å². The molecule has 3 aromatic rings. The monoisotopic (exact) mass is 646 g/mol. The molecular weight excluding hydrogens is 599 g/mol. The number of fused-ring (bicyclic) bond motifs is 1. The molecule has 4 heterocycles. The molecule has 252 valence electrons. The predicted octanol–water partition coefficient (Wildman–Crippen LogP) is 4.29. The first-order chi connectivity index (χ1) is 22.9. The highest BCUT2D eigenvalue weighted by Gasteiger charge is 2.27. The number of anilines is 2. The minimum absolute atomic E-state index is 0.126. The second kappa shape index (κ2) is 15.2. The molecule has 2 aliphatic heterocycles. The van der Waals surface area contributed by atoms with Gasteiger partial charge in [0.25, 0.3) is 5.91 Å². The van der Waals surface area contributed by atoms with Crippen LogP contribution in [0, 0.1) is 11.7 Å². The SMILES string of the molecule is CNC(=O)CCN(C=O)c1cc(F)cc2c1ccn2C1CCN(CC2CCN(c3ccc(C(=O)NC4CCCCC4)nn3)CC2)CC1. The van der Waals surface area contributed by atoms with Crippen LogP contribution < -0.4 is 20.4 Å². The molecule has 6 rings (SSSR count). The lowest BCUT2D eigenvalue weighted by molar-refractivity contribution is -0.120. The molecule has 1 aromatic carbocycles. The summed E-state index contributed by atoms with van der Waals surface area (Å²) in [6, 6.07) is 9.10. The second-order valence-electron chi connectivity index (χ2n) is 13.4. The van der Waals surface area contributed by atoms with Gasteiger partial charge in [0.1, 0.15) is 5.82 Å². The number of aromatic nitrogens is 3. The minimum atomic E-state index is -0.398. The number of nitrogens with zero attached hydrogens (tertiary/aromatic N) is 6. The van der Waals surface area contributed by atoms with E-state index in [1.807, 2.05) is 18.3 Å². The summed E-state index contributed by atoms with van der Waals surface area (Å²) >= 11 is 0. The molecule has 47 heavy (non-hydrogen) atoms. The highest BCUT2D eigenvalue weighted by molar-refractivity contribution is 5.98. The first-order valence-electron chi connectivity index (χ1n) is 17.3. The Morgan fingerprint density at radius 2 is 1.74 bits per heavy atom. The van der Waals surface area contributed by atoms with Crippen LogP contribution in [0.1, 0.15) is 80.7 Å². The van der Waals surface area contributed by atoms with E-state index in [1.54, 1.807) is 19.2 Å². The van der Waals surface area contributed by atoms with Crippen LogP contribution >= 0.6 is 0 Å². The van der Waals surface area contributed by atoms with Gasteiger partial charge in [0, 0.05) is 76.4 Å². The molecule has 2 saturated heterocycles. The Labute approximate surface area is 275 Å². The van der Waals surface area contributed by atoms with Crippen molar-refractivity contribution in [2.24, 2.45) is 5.92 Å². The summed E-state index contributed by atoms with van der Waals surface area (Å²) in [5.41, 5.74) is 1.65. The highest BCUT2D eigenvalue weighted by Crippen LogP contribution is 2.34. The molecule has 1 saturated carbocycles. The van der Waals surface area contributed by atoms with Crippen LogP contribution in [0.2, 0.25) is 0 Å². The zero-order valence-corrected chi connectivity index (χ0v) is 27.4. The van der Waals surface area contributed by atoms with Crippen molar-refractivity contribution in [2.75, 3.05) is 56.1 Å². The first-order valence-corrected chi connectivity index (χ1v) is 17.3. The fourth-order valence-electron chi connectivity index (χ4n) is 7.55. The molecular formula is C35H47FN8O3. The van der Waals surface area contributed by atoms with Gasteiger partial charge in [-0.05, 0) is 74.8 Å². The number of carbonyl (C=O) groups is 3. The smallest absolute Gasteiger partial charge is 0.272 e. The largest absolute Gasteiger partial charge is 0.359 e. The van der Waals surface area contributed by atoms with E-state index in [2.05, 4.69) is 35.2 Å². The van der Waals surface area contributed by atoms with E-state index < -0.39 is 5.82 Å². The van der Waals surface area contributed by atoms with E-state index >= 15 is 0 Å². The van der Waals surface area contributed by atoms with E-state index in [0.29, 0.717) is 23.7 Å². The molecule has 11 nitrogen and oxygen atoms in total. The molecule has 0 unspecified atom stereocenters. The van der Waals surface area contributed by atoms with E-state index in [4.69, 9.17) is 0 Å². The van der Waals surface area contributed by atoms with Gasteiger partial charge in [0.15, 0.2) is 11.5 Å². The Hall–Kier alpha value is -4.06. The Balaban J connectivity index is 0.982. The van der Waals surface area contributed by atoms with E-state index in [-0.39, 0.29) is 36.9 Å². The lowest BCUT2D eigenvalue weighted by Crippen LogP contribution is -2.42. The van der Waals surface area contributed by atoms with Gasteiger partial charge in [0.05, 0.1) is 11.2 Å². The van der Waals surface area contributed by atoms with Crippen LogP contribution in [0.5, 0.6) is 0 Å². The van der Waals surface area contributed by atoms with Crippen LogP contribution in [0.15, 0.2) is 36.5 Å². The molecule has 2 aromatic heterocycles. The average molecular weight is 647 g/mol. The Kier molecular flexibility index (Phi) is 10.6. The zero-order chi connectivity index (χ0) is 32.8. The molecule has 1 aliphatic carbocycles.